The molecule has 0 aliphatic rings. The number of nitrogens with zero attached hydrogens (tertiary/aromatic N) is 4. The monoisotopic (exact) mass is 312 g/mol. The van der Waals surface area contributed by atoms with Crippen LogP contribution < -0.4 is 0 Å². The van der Waals surface area contributed by atoms with Crippen molar-refractivity contribution in [2.45, 2.75) is 20.8 Å². The first-order valence-corrected chi connectivity index (χ1v) is 6.12. The van der Waals surface area contributed by atoms with Gasteiger partial charge < -0.3 is 5.11 Å². The summed E-state index contributed by atoms with van der Waals surface area (Å²) in [6.45, 7) is 5.41. The summed E-state index contributed by atoms with van der Waals surface area (Å²) in [5.41, 5.74) is 2.31. The first-order valence-electron chi connectivity index (χ1n) is 5.33. The fourth-order valence-corrected chi connectivity index (χ4v) is 2.22. The van der Waals surface area contributed by atoms with Gasteiger partial charge >= 0.3 is 5.97 Å². The van der Waals surface area contributed by atoms with E-state index in [1.54, 1.807) is 18.7 Å². The average molecular weight is 313 g/mol. The fourth-order valence-electron chi connectivity index (χ4n) is 1.97. The van der Waals surface area contributed by atoms with Crippen molar-refractivity contribution in [3.8, 4) is 5.82 Å². The second-order valence-electron chi connectivity index (χ2n) is 4.11. The summed E-state index contributed by atoms with van der Waals surface area (Å²) in [4.78, 5) is 11.3. The van der Waals surface area contributed by atoms with Gasteiger partial charge in [-0.2, -0.15) is 10.2 Å². The highest BCUT2D eigenvalue weighted by atomic mass is 79.9. The minimum absolute atomic E-state index is 0.176. The van der Waals surface area contributed by atoms with Gasteiger partial charge in [-0.1, -0.05) is 0 Å². The average Bonchev–Trinajstić information content (AvgIpc) is 2.70. The Kier molecular flexibility index (Phi) is 3.02. The molecule has 2 aromatic heterocycles. The van der Waals surface area contributed by atoms with Crippen LogP contribution in [0.3, 0.4) is 0 Å². The molecular weight excluding hydrogens is 300 g/mol. The molecule has 0 unspecified atom stereocenters. The zero-order valence-corrected chi connectivity index (χ0v) is 12.1. The summed E-state index contributed by atoms with van der Waals surface area (Å²) in [6, 6.07) is 0. The summed E-state index contributed by atoms with van der Waals surface area (Å²) >= 11 is 3.43. The Morgan fingerprint density at radius 1 is 1.22 bits per heavy atom. The lowest BCUT2D eigenvalue weighted by atomic mass is 10.2. The second-order valence-corrected chi connectivity index (χ2v) is 4.90. The van der Waals surface area contributed by atoms with Crippen molar-refractivity contribution in [2.24, 2.45) is 7.05 Å². The second kappa shape index (κ2) is 4.24. The highest BCUT2D eigenvalue weighted by molar-refractivity contribution is 9.10. The number of aryl methyl sites for hydroxylation is 3. The molecule has 0 atom stereocenters. The number of carbonyl (C=O) groups is 1. The molecule has 0 saturated carbocycles. The summed E-state index contributed by atoms with van der Waals surface area (Å²) in [7, 11) is 1.71. The molecule has 0 fully saturated rings. The topological polar surface area (TPSA) is 72.9 Å². The Hall–Kier alpha value is -1.63. The molecule has 2 heterocycles. The molecule has 18 heavy (non-hydrogen) atoms. The summed E-state index contributed by atoms with van der Waals surface area (Å²) in [5.74, 6) is -0.537. The molecule has 2 rings (SSSR count). The quantitative estimate of drug-likeness (QED) is 0.920. The molecule has 0 amide bonds. The van der Waals surface area contributed by atoms with Gasteiger partial charge in [0.15, 0.2) is 5.82 Å². The normalized spacial score (nSPS) is 10.9. The van der Waals surface area contributed by atoms with Gasteiger partial charge in [0.1, 0.15) is 5.56 Å². The van der Waals surface area contributed by atoms with Crippen molar-refractivity contribution < 1.29 is 9.90 Å². The molecular formula is C11H13BrN4O2. The van der Waals surface area contributed by atoms with Crippen LogP contribution in [0.25, 0.3) is 5.82 Å². The van der Waals surface area contributed by atoms with E-state index in [2.05, 4.69) is 26.1 Å². The number of aromatic nitrogens is 4. The highest BCUT2D eigenvalue weighted by Crippen LogP contribution is 2.25. The third-order valence-corrected chi connectivity index (χ3v) is 3.96. The molecule has 1 N–H and O–H groups in total. The first kappa shape index (κ1) is 12.8. The van der Waals surface area contributed by atoms with E-state index in [-0.39, 0.29) is 5.56 Å². The van der Waals surface area contributed by atoms with Gasteiger partial charge in [0.2, 0.25) is 0 Å². The molecule has 6 nitrogen and oxygen atoms in total. The van der Waals surface area contributed by atoms with Crippen molar-refractivity contribution in [1.29, 1.82) is 0 Å². The third kappa shape index (κ3) is 1.74. The van der Waals surface area contributed by atoms with Gasteiger partial charge in [-0.05, 0) is 36.7 Å². The van der Waals surface area contributed by atoms with E-state index in [1.807, 2.05) is 13.8 Å². The molecule has 2 aromatic rings. The maximum atomic E-state index is 11.3. The van der Waals surface area contributed by atoms with Gasteiger partial charge in [-0.3, -0.25) is 0 Å². The van der Waals surface area contributed by atoms with Crippen LogP contribution in [0.2, 0.25) is 0 Å². The molecule has 0 spiro atoms. The lowest BCUT2D eigenvalue weighted by Crippen LogP contribution is -2.11. The molecule has 0 aliphatic carbocycles. The van der Waals surface area contributed by atoms with Crippen LogP contribution in [-0.4, -0.2) is 30.6 Å². The maximum absolute atomic E-state index is 11.3. The van der Waals surface area contributed by atoms with Gasteiger partial charge in [0.05, 0.1) is 21.6 Å². The molecule has 0 aliphatic heterocycles. The predicted molar refractivity (Wildman–Crippen MR) is 69.2 cm³/mol. The smallest absolute Gasteiger partial charge is 0.341 e. The van der Waals surface area contributed by atoms with E-state index in [1.165, 1.54) is 4.68 Å². The van der Waals surface area contributed by atoms with Crippen molar-refractivity contribution in [3.05, 3.63) is 27.1 Å². The van der Waals surface area contributed by atoms with E-state index in [4.69, 9.17) is 0 Å². The first-order chi connectivity index (χ1) is 8.34. The van der Waals surface area contributed by atoms with Gasteiger partial charge in [0.25, 0.3) is 0 Å². The van der Waals surface area contributed by atoms with Crippen LogP contribution in [0.1, 0.15) is 27.4 Å². The van der Waals surface area contributed by atoms with E-state index in [9.17, 15) is 9.90 Å². The van der Waals surface area contributed by atoms with E-state index in [0.717, 1.165) is 15.9 Å². The van der Waals surface area contributed by atoms with Crippen molar-refractivity contribution in [1.82, 2.24) is 19.6 Å². The number of halogens is 1. The third-order valence-electron chi connectivity index (χ3n) is 2.81. The zero-order chi connectivity index (χ0) is 13.6. The summed E-state index contributed by atoms with van der Waals surface area (Å²) in [5, 5.41) is 17.8. The molecule has 96 valence electrons. The van der Waals surface area contributed by atoms with Crippen molar-refractivity contribution in [2.75, 3.05) is 0 Å². The van der Waals surface area contributed by atoms with Crippen LogP contribution in [0.4, 0.5) is 0 Å². The largest absolute Gasteiger partial charge is 0.477 e. The number of carboxylic acids is 1. The number of hydrogen-bond acceptors (Lipinski definition) is 3. The van der Waals surface area contributed by atoms with Gasteiger partial charge in [-0.25, -0.2) is 14.2 Å². The SMILES string of the molecule is Cc1nn(-c2c(C(=O)O)c(C)nn2C)c(C)c1Br. The van der Waals surface area contributed by atoms with Crippen molar-refractivity contribution >= 4 is 21.9 Å². The Balaban J connectivity index is 2.78. The van der Waals surface area contributed by atoms with Crippen LogP contribution in [0.15, 0.2) is 4.47 Å². The Labute approximate surface area is 112 Å². The van der Waals surface area contributed by atoms with Crippen LogP contribution in [0, 0.1) is 20.8 Å². The number of carboxylic acid groups (broad SMARTS) is 1. The molecule has 0 saturated heterocycles. The van der Waals surface area contributed by atoms with Gasteiger partial charge in [-0.15, -0.1) is 0 Å². The van der Waals surface area contributed by atoms with E-state index in [0.29, 0.717) is 11.5 Å². The van der Waals surface area contributed by atoms with Crippen molar-refractivity contribution in [3.63, 3.8) is 0 Å². The summed E-state index contributed by atoms with van der Waals surface area (Å²) < 4.78 is 4.01. The maximum Gasteiger partial charge on any atom is 0.341 e. The zero-order valence-electron chi connectivity index (χ0n) is 10.5. The van der Waals surface area contributed by atoms with E-state index < -0.39 is 5.97 Å². The minimum atomic E-state index is -1.00. The molecule has 7 heteroatoms. The minimum Gasteiger partial charge on any atom is -0.477 e. The van der Waals surface area contributed by atoms with Crippen LogP contribution >= 0.6 is 15.9 Å². The number of aromatic carboxylic acids is 1. The van der Waals surface area contributed by atoms with E-state index >= 15 is 0 Å². The highest BCUT2D eigenvalue weighted by Gasteiger charge is 2.24. The standard InChI is InChI=1S/C11H13BrN4O2/c1-5-8(11(17)18)10(15(4)13-5)16-7(3)9(12)6(2)14-16/h1-4H3,(H,17,18). The predicted octanol–water partition coefficient (Wildman–Crippen LogP) is 1.99. The lowest BCUT2D eigenvalue weighted by molar-refractivity contribution is 0.0696. The molecule has 0 bridgehead atoms. The van der Waals surface area contributed by atoms with Crippen LogP contribution in [0.5, 0.6) is 0 Å². The fraction of sp³-hybridized carbons (Fsp3) is 0.364. The number of hydrogen-bond donors (Lipinski definition) is 1. The van der Waals surface area contributed by atoms with Gasteiger partial charge in [0, 0.05) is 7.05 Å². The Morgan fingerprint density at radius 3 is 2.28 bits per heavy atom. The molecule has 0 radical (unpaired) electrons. The summed E-state index contributed by atoms with van der Waals surface area (Å²) in [6.07, 6.45) is 0. The van der Waals surface area contributed by atoms with Crippen LogP contribution in [-0.2, 0) is 7.05 Å². The molecule has 0 aromatic carbocycles. The Bertz CT molecular complexity index is 642. The number of rotatable bonds is 2. The lowest BCUT2D eigenvalue weighted by Gasteiger charge is -2.06. The Morgan fingerprint density at radius 2 is 1.83 bits per heavy atom.